The van der Waals surface area contributed by atoms with Crippen LogP contribution in [0.25, 0.3) is 0 Å². The molecule has 18 heavy (non-hydrogen) atoms. The van der Waals surface area contributed by atoms with Crippen molar-refractivity contribution in [3.05, 3.63) is 0 Å². The molecule has 0 radical (unpaired) electrons. The molecule has 4 N–H and O–H groups in total. The first-order valence-electron chi connectivity index (χ1n) is 6.58. The minimum atomic E-state index is -0.967. The van der Waals surface area contributed by atoms with Gasteiger partial charge in [0.1, 0.15) is 6.04 Å². The molecule has 1 unspecified atom stereocenters. The number of nitrogens with one attached hydrogen (secondary N) is 1. The van der Waals surface area contributed by atoms with E-state index in [9.17, 15) is 9.59 Å². The van der Waals surface area contributed by atoms with Gasteiger partial charge in [0, 0.05) is 19.1 Å². The van der Waals surface area contributed by atoms with E-state index < -0.39 is 12.0 Å². The Morgan fingerprint density at radius 1 is 1.44 bits per heavy atom. The van der Waals surface area contributed by atoms with Crippen molar-refractivity contribution < 1.29 is 14.7 Å². The van der Waals surface area contributed by atoms with E-state index in [1.807, 2.05) is 6.92 Å². The van der Waals surface area contributed by atoms with Gasteiger partial charge in [-0.1, -0.05) is 19.8 Å². The number of piperidine rings is 1. The van der Waals surface area contributed by atoms with Crippen LogP contribution in [0.2, 0.25) is 0 Å². The number of carbonyl (C=O) groups excluding carboxylic acids is 1. The van der Waals surface area contributed by atoms with Crippen LogP contribution in [0.15, 0.2) is 0 Å². The smallest absolute Gasteiger partial charge is 0.326 e. The molecule has 1 atom stereocenters. The third kappa shape index (κ3) is 4.52. The number of nitrogens with two attached hydrogens (primary N) is 1. The van der Waals surface area contributed by atoms with E-state index in [0.717, 1.165) is 25.7 Å². The van der Waals surface area contributed by atoms with Gasteiger partial charge in [-0.2, -0.15) is 0 Å². The normalized spacial score (nSPS) is 18.4. The molecule has 0 saturated carbocycles. The number of hydrogen-bond acceptors (Lipinski definition) is 3. The molecule has 1 aliphatic rings. The standard InChI is InChI=1S/C12H23N3O3/c1-2-3-4-10(11(16)17)14-12(18)15-7-5-9(13)6-8-15/h9-10H,2-8,13H2,1H3,(H,14,18)(H,16,17). The van der Waals surface area contributed by atoms with Gasteiger partial charge in [0.25, 0.3) is 0 Å². The van der Waals surface area contributed by atoms with E-state index in [1.165, 1.54) is 0 Å². The van der Waals surface area contributed by atoms with Crippen molar-refractivity contribution >= 4 is 12.0 Å². The number of carboxylic acid groups (broad SMARTS) is 1. The van der Waals surface area contributed by atoms with E-state index in [2.05, 4.69) is 5.32 Å². The summed E-state index contributed by atoms with van der Waals surface area (Å²) in [5, 5.41) is 11.6. The van der Waals surface area contributed by atoms with Crippen molar-refractivity contribution in [2.45, 2.75) is 51.1 Å². The van der Waals surface area contributed by atoms with Crippen molar-refractivity contribution in [3.8, 4) is 0 Å². The summed E-state index contributed by atoms with van der Waals surface area (Å²) in [6.45, 7) is 3.20. The Morgan fingerprint density at radius 3 is 2.56 bits per heavy atom. The van der Waals surface area contributed by atoms with Gasteiger partial charge in [-0.15, -0.1) is 0 Å². The lowest BCUT2D eigenvalue weighted by Crippen LogP contribution is -2.51. The molecular weight excluding hydrogens is 234 g/mol. The van der Waals surface area contributed by atoms with Crippen molar-refractivity contribution in [1.82, 2.24) is 10.2 Å². The molecule has 0 aromatic heterocycles. The molecule has 2 amide bonds. The van der Waals surface area contributed by atoms with Crippen molar-refractivity contribution in [1.29, 1.82) is 0 Å². The highest BCUT2D eigenvalue weighted by Gasteiger charge is 2.25. The molecule has 1 rings (SSSR count). The first-order chi connectivity index (χ1) is 8.54. The second-order valence-electron chi connectivity index (χ2n) is 4.81. The van der Waals surface area contributed by atoms with Gasteiger partial charge in [-0.25, -0.2) is 9.59 Å². The number of urea groups is 1. The minimum absolute atomic E-state index is 0.157. The fraction of sp³-hybridized carbons (Fsp3) is 0.833. The van der Waals surface area contributed by atoms with Crippen molar-refractivity contribution in [2.75, 3.05) is 13.1 Å². The molecule has 0 aliphatic carbocycles. The minimum Gasteiger partial charge on any atom is -0.480 e. The number of likely N-dealkylation sites (tertiary alicyclic amines) is 1. The number of amides is 2. The number of hydrogen-bond donors (Lipinski definition) is 3. The van der Waals surface area contributed by atoms with Gasteiger partial charge in [-0.05, 0) is 19.3 Å². The third-order valence-corrected chi connectivity index (χ3v) is 3.27. The average molecular weight is 257 g/mol. The van der Waals surface area contributed by atoms with Gasteiger partial charge >= 0.3 is 12.0 Å². The molecule has 104 valence electrons. The van der Waals surface area contributed by atoms with E-state index in [0.29, 0.717) is 19.5 Å². The first kappa shape index (κ1) is 14.8. The summed E-state index contributed by atoms with van der Waals surface area (Å²) in [5.74, 6) is -0.967. The topological polar surface area (TPSA) is 95.7 Å². The summed E-state index contributed by atoms with van der Waals surface area (Å²) in [6.07, 6.45) is 3.74. The predicted molar refractivity (Wildman–Crippen MR) is 68.3 cm³/mol. The molecule has 0 spiro atoms. The van der Waals surface area contributed by atoms with E-state index >= 15 is 0 Å². The van der Waals surface area contributed by atoms with Gasteiger partial charge in [0.2, 0.25) is 0 Å². The number of carboxylic acids is 1. The summed E-state index contributed by atoms with van der Waals surface area (Å²) in [5.41, 5.74) is 5.76. The summed E-state index contributed by atoms with van der Waals surface area (Å²) >= 11 is 0. The van der Waals surface area contributed by atoms with Crippen molar-refractivity contribution in [3.63, 3.8) is 0 Å². The molecule has 1 aliphatic heterocycles. The summed E-state index contributed by atoms with van der Waals surface area (Å²) in [7, 11) is 0. The second kappa shape index (κ2) is 7.20. The van der Waals surface area contributed by atoms with Gasteiger partial charge in [-0.3, -0.25) is 0 Å². The quantitative estimate of drug-likeness (QED) is 0.677. The number of rotatable bonds is 5. The first-order valence-corrected chi connectivity index (χ1v) is 6.58. The maximum Gasteiger partial charge on any atom is 0.326 e. The van der Waals surface area contributed by atoms with Crippen LogP contribution < -0.4 is 11.1 Å². The lowest BCUT2D eigenvalue weighted by molar-refractivity contribution is -0.139. The predicted octanol–water partition coefficient (Wildman–Crippen LogP) is 0.763. The highest BCUT2D eigenvalue weighted by Crippen LogP contribution is 2.09. The van der Waals surface area contributed by atoms with E-state index in [4.69, 9.17) is 10.8 Å². The Balaban J connectivity index is 2.42. The lowest BCUT2D eigenvalue weighted by atomic mass is 10.1. The Labute approximate surface area is 108 Å². The largest absolute Gasteiger partial charge is 0.480 e. The van der Waals surface area contributed by atoms with Crippen LogP contribution in [0, 0.1) is 0 Å². The number of unbranched alkanes of at least 4 members (excludes halogenated alkanes) is 1. The zero-order valence-electron chi connectivity index (χ0n) is 10.9. The third-order valence-electron chi connectivity index (χ3n) is 3.27. The number of carbonyl (C=O) groups is 2. The van der Waals surface area contributed by atoms with Crippen LogP contribution in [0.5, 0.6) is 0 Å². The van der Waals surface area contributed by atoms with Crippen LogP contribution >= 0.6 is 0 Å². The average Bonchev–Trinajstić information content (AvgIpc) is 2.34. The van der Waals surface area contributed by atoms with Gasteiger partial charge < -0.3 is 21.1 Å². The highest BCUT2D eigenvalue weighted by atomic mass is 16.4. The molecular formula is C12H23N3O3. The van der Waals surface area contributed by atoms with Crippen LogP contribution in [0.4, 0.5) is 4.79 Å². The summed E-state index contributed by atoms with van der Waals surface area (Å²) < 4.78 is 0. The fourth-order valence-corrected chi connectivity index (χ4v) is 2.01. The van der Waals surface area contributed by atoms with E-state index in [1.54, 1.807) is 4.90 Å². The Kier molecular flexibility index (Phi) is 5.91. The van der Waals surface area contributed by atoms with Crippen LogP contribution in [0.1, 0.15) is 39.0 Å². The zero-order valence-corrected chi connectivity index (χ0v) is 10.9. The number of aliphatic carboxylic acids is 1. The SMILES string of the molecule is CCCCC(NC(=O)N1CCC(N)CC1)C(=O)O. The van der Waals surface area contributed by atoms with Crippen LogP contribution in [-0.2, 0) is 4.79 Å². The Bertz CT molecular complexity index is 288. The highest BCUT2D eigenvalue weighted by molar-refractivity contribution is 5.82. The molecule has 6 nitrogen and oxygen atoms in total. The molecule has 0 bridgehead atoms. The molecule has 0 aromatic carbocycles. The number of nitrogens with zero attached hydrogens (tertiary/aromatic N) is 1. The van der Waals surface area contributed by atoms with Crippen LogP contribution in [0.3, 0.4) is 0 Å². The summed E-state index contributed by atoms with van der Waals surface area (Å²) in [4.78, 5) is 24.6. The molecule has 1 fully saturated rings. The van der Waals surface area contributed by atoms with Gasteiger partial charge in [0.05, 0.1) is 0 Å². The molecule has 1 saturated heterocycles. The maximum atomic E-state index is 11.9. The Morgan fingerprint density at radius 2 is 2.06 bits per heavy atom. The summed E-state index contributed by atoms with van der Waals surface area (Å²) in [6, 6.07) is -0.914. The lowest BCUT2D eigenvalue weighted by Gasteiger charge is -2.31. The Hall–Kier alpha value is -1.30. The maximum absolute atomic E-state index is 11.9. The molecule has 1 heterocycles. The molecule has 6 heteroatoms. The van der Waals surface area contributed by atoms with E-state index in [-0.39, 0.29) is 12.1 Å². The van der Waals surface area contributed by atoms with Crippen molar-refractivity contribution in [2.24, 2.45) is 5.73 Å². The monoisotopic (exact) mass is 257 g/mol. The second-order valence-corrected chi connectivity index (χ2v) is 4.81. The van der Waals surface area contributed by atoms with Crippen LogP contribution in [-0.4, -0.2) is 47.2 Å². The van der Waals surface area contributed by atoms with Gasteiger partial charge in [0.15, 0.2) is 0 Å². The zero-order chi connectivity index (χ0) is 13.5. The fourth-order valence-electron chi connectivity index (χ4n) is 2.01. The molecule has 0 aromatic rings.